The third-order valence-electron chi connectivity index (χ3n) is 3.19. The molecular formula is C17H23NO2. The van der Waals surface area contributed by atoms with Gasteiger partial charge in [-0.25, -0.2) is 4.79 Å². The molecule has 0 aliphatic carbocycles. The molecule has 1 aromatic rings. The van der Waals surface area contributed by atoms with Crippen LogP contribution in [0.15, 0.2) is 41.5 Å². The monoisotopic (exact) mass is 273 g/mol. The van der Waals surface area contributed by atoms with Crippen molar-refractivity contribution in [2.45, 2.75) is 40.0 Å². The maximum atomic E-state index is 11.0. The van der Waals surface area contributed by atoms with Gasteiger partial charge in [0.2, 0.25) is 0 Å². The highest BCUT2D eigenvalue weighted by Crippen LogP contribution is 2.19. The lowest BCUT2D eigenvalue weighted by molar-refractivity contribution is 0.0698. The lowest BCUT2D eigenvalue weighted by atomic mass is 10.0. The van der Waals surface area contributed by atoms with Crippen LogP contribution in [-0.4, -0.2) is 11.1 Å². The topological polar surface area (TPSA) is 63.3 Å². The molecule has 0 atom stereocenters. The number of aromatic carboxylic acids is 1. The van der Waals surface area contributed by atoms with E-state index >= 15 is 0 Å². The van der Waals surface area contributed by atoms with Crippen molar-refractivity contribution in [1.29, 1.82) is 0 Å². The Morgan fingerprint density at radius 1 is 1.25 bits per heavy atom. The molecule has 20 heavy (non-hydrogen) atoms. The quantitative estimate of drug-likeness (QED) is 0.603. The maximum absolute atomic E-state index is 11.0. The van der Waals surface area contributed by atoms with Crippen LogP contribution in [0.4, 0.5) is 5.69 Å². The van der Waals surface area contributed by atoms with Crippen LogP contribution >= 0.6 is 0 Å². The molecule has 0 heterocycles. The molecular weight excluding hydrogens is 250 g/mol. The van der Waals surface area contributed by atoms with E-state index in [-0.39, 0.29) is 5.56 Å². The number of rotatable bonds is 6. The summed E-state index contributed by atoms with van der Waals surface area (Å²) in [6.07, 6.45) is 7.07. The molecule has 1 aromatic carbocycles. The molecule has 0 spiro atoms. The number of carboxylic acid groups (broad SMARTS) is 1. The summed E-state index contributed by atoms with van der Waals surface area (Å²) in [6.45, 7) is 6.28. The molecule has 3 heteroatoms. The number of carbonyl (C=O) groups is 1. The molecule has 0 aliphatic heterocycles. The van der Waals surface area contributed by atoms with Crippen molar-refractivity contribution < 1.29 is 9.90 Å². The number of hydrogen-bond donors (Lipinski definition) is 2. The Morgan fingerprint density at radius 3 is 2.55 bits per heavy atom. The van der Waals surface area contributed by atoms with Gasteiger partial charge in [0.25, 0.3) is 0 Å². The van der Waals surface area contributed by atoms with Crippen molar-refractivity contribution in [2.75, 3.05) is 5.73 Å². The Balaban J connectivity index is 2.72. The van der Waals surface area contributed by atoms with Gasteiger partial charge in [0, 0.05) is 5.69 Å². The van der Waals surface area contributed by atoms with Crippen LogP contribution in [-0.2, 0) is 6.42 Å². The zero-order valence-electron chi connectivity index (χ0n) is 12.4. The molecule has 0 aromatic heterocycles. The minimum Gasteiger partial charge on any atom is -0.478 e. The standard InChI is InChI=1S/C17H23NO2/c1-12(2)6-4-7-13(3)10-11-14-8-5-9-15(16(14)18)17(19)20/h5-6,8-10H,4,7,11,18H2,1-3H3,(H,19,20)/b13-10+. The van der Waals surface area contributed by atoms with E-state index in [1.54, 1.807) is 6.07 Å². The number of benzene rings is 1. The van der Waals surface area contributed by atoms with Crippen molar-refractivity contribution in [1.82, 2.24) is 0 Å². The number of allylic oxidation sites excluding steroid dienone is 4. The van der Waals surface area contributed by atoms with E-state index in [9.17, 15) is 4.79 Å². The van der Waals surface area contributed by atoms with Crippen molar-refractivity contribution in [2.24, 2.45) is 0 Å². The molecule has 0 saturated carbocycles. The van der Waals surface area contributed by atoms with Crippen LogP contribution in [0.5, 0.6) is 0 Å². The van der Waals surface area contributed by atoms with Gasteiger partial charge in [0.1, 0.15) is 0 Å². The normalized spacial score (nSPS) is 11.2. The Morgan fingerprint density at radius 2 is 1.95 bits per heavy atom. The largest absolute Gasteiger partial charge is 0.478 e. The molecule has 3 N–H and O–H groups in total. The summed E-state index contributed by atoms with van der Waals surface area (Å²) < 4.78 is 0. The van der Waals surface area contributed by atoms with Crippen LogP contribution in [0.25, 0.3) is 0 Å². The number of nitrogens with two attached hydrogens (primary N) is 1. The number of para-hydroxylation sites is 1. The van der Waals surface area contributed by atoms with Crippen LogP contribution in [0.1, 0.15) is 49.5 Å². The molecule has 0 fully saturated rings. The summed E-state index contributed by atoms with van der Waals surface area (Å²) in [5, 5.41) is 9.03. The van der Waals surface area contributed by atoms with Crippen LogP contribution in [0.2, 0.25) is 0 Å². The summed E-state index contributed by atoms with van der Waals surface area (Å²) in [4.78, 5) is 11.0. The predicted octanol–water partition coefficient (Wildman–Crippen LogP) is 4.20. The van der Waals surface area contributed by atoms with Crippen LogP contribution in [0.3, 0.4) is 0 Å². The summed E-state index contributed by atoms with van der Waals surface area (Å²) in [5.41, 5.74) is 9.93. The first-order valence-electron chi connectivity index (χ1n) is 6.81. The van der Waals surface area contributed by atoms with Crippen molar-refractivity contribution in [3.8, 4) is 0 Å². The predicted molar refractivity (Wildman–Crippen MR) is 83.9 cm³/mol. The summed E-state index contributed by atoms with van der Waals surface area (Å²) in [7, 11) is 0. The zero-order valence-corrected chi connectivity index (χ0v) is 12.4. The first kappa shape index (κ1) is 16.0. The number of anilines is 1. The van der Waals surface area contributed by atoms with E-state index in [2.05, 4.69) is 32.9 Å². The minimum absolute atomic E-state index is 0.179. The molecule has 3 nitrogen and oxygen atoms in total. The minimum atomic E-state index is -0.978. The number of carboxylic acids is 1. The fraction of sp³-hybridized carbons (Fsp3) is 0.353. The highest BCUT2D eigenvalue weighted by molar-refractivity contribution is 5.94. The SMILES string of the molecule is CC(C)=CCC/C(C)=C/Cc1cccc(C(=O)O)c1N. The Labute approximate surface area is 120 Å². The lowest BCUT2D eigenvalue weighted by Crippen LogP contribution is -2.05. The maximum Gasteiger partial charge on any atom is 0.337 e. The van der Waals surface area contributed by atoms with Gasteiger partial charge in [0.05, 0.1) is 5.56 Å². The van der Waals surface area contributed by atoms with Gasteiger partial charge in [-0.1, -0.05) is 35.4 Å². The molecule has 0 radical (unpaired) electrons. The fourth-order valence-corrected chi connectivity index (χ4v) is 1.95. The van der Waals surface area contributed by atoms with Crippen molar-refractivity contribution in [3.63, 3.8) is 0 Å². The third kappa shape index (κ3) is 4.92. The van der Waals surface area contributed by atoms with Gasteiger partial charge in [-0.3, -0.25) is 0 Å². The van der Waals surface area contributed by atoms with Gasteiger partial charge < -0.3 is 10.8 Å². The second kappa shape index (κ2) is 7.53. The van der Waals surface area contributed by atoms with E-state index in [1.165, 1.54) is 17.2 Å². The highest BCUT2D eigenvalue weighted by Gasteiger charge is 2.09. The van der Waals surface area contributed by atoms with E-state index in [0.29, 0.717) is 12.1 Å². The van der Waals surface area contributed by atoms with Gasteiger partial charge in [-0.05, 0) is 51.7 Å². The van der Waals surface area contributed by atoms with Gasteiger partial charge in [0.15, 0.2) is 0 Å². The van der Waals surface area contributed by atoms with Gasteiger partial charge >= 0.3 is 5.97 Å². The molecule has 0 unspecified atom stereocenters. The van der Waals surface area contributed by atoms with E-state index < -0.39 is 5.97 Å². The molecule has 0 saturated heterocycles. The second-order valence-corrected chi connectivity index (χ2v) is 5.26. The molecule has 0 amide bonds. The molecule has 0 aliphatic rings. The fourth-order valence-electron chi connectivity index (χ4n) is 1.95. The molecule has 108 valence electrons. The second-order valence-electron chi connectivity index (χ2n) is 5.26. The van der Waals surface area contributed by atoms with E-state index in [0.717, 1.165) is 18.4 Å². The Hall–Kier alpha value is -2.03. The average molecular weight is 273 g/mol. The first-order chi connectivity index (χ1) is 9.41. The average Bonchev–Trinajstić information content (AvgIpc) is 2.36. The Bertz CT molecular complexity index is 538. The first-order valence-corrected chi connectivity index (χ1v) is 6.81. The van der Waals surface area contributed by atoms with E-state index in [1.807, 2.05) is 6.07 Å². The molecule has 1 rings (SSSR count). The molecule has 0 bridgehead atoms. The van der Waals surface area contributed by atoms with Gasteiger partial charge in [-0.15, -0.1) is 0 Å². The number of hydrogen-bond acceptors (Lipinski definition) is 2. The number of nitrogen functional groups attached to an aromatic ring is 1. The van der Waals surface area contributed by atoms with Crippen LogP contribution < -0.4 is 5.73 Å². The summed E-state index contributed by atoms with van der Waals surface area (Å²) >= 11 is 0. The van der Waals surface area contributed by atoms with Gasteiger partial charge in [-0.2, -0.15) is 0 Å². The highest BCUT2D eigenvalue weighted by atomic mass is 16.4. The Kier molecular flexibility index (Phi) is 6.04. The zero-order chi connectivity index (χ0) is 15.1. The van der Waals surface area contributed by atoms with Crippen molar-refractivity contribution >= 4 is 11.7 Å². The van der Waals surface area contributed by atoms with Crippen molar-refractivity contribution in [3.05, 3.63) is 52.6 Å². The smallest absolute Gasteiger partial charge is 0.337 e. The third-order valence-corrected chi connectivity index (χ3v) is 3.19. The summed E-state index contributed by atoms with van der Waals surface area (Å²) in [6, 6.07) is 5.15. The summed E-state index contributed by atoms with van der Waals surface area (Å²) in [5.74, 6) is -0.978. The van der Waals surface area contributed by atoms with Crippen LogP contribution in [0, 0.1) is 0 Å². The lowest BCUT2D eigenvalue weighted by Gasteiger charge is -2.07. The van der Waals surface area contributed by atoms with E-state index in [4.69, 9.17) is 10.8 Å².